The van der Waals surface area contributed by atoms with E-state index in [2.05, 4.69) is 15.6 Å². The fourth-order valence-corrected chi connectivity index (χ4v) is 3.03. The molecule has 0 saturated carbocycles. The summed E-state index contributed by atoms with van der Waals surface area (Å²) < 4.78 is 23.8. The first-order valence-electron chi connectivity index (χ1n) is 8.30. The van der Waals surface area contributed by atoms with Crippen LogP contribution in [0.4, 0.5) is 4.39 Å². The van der Waals surface area contributed by atoms with E-state index in [-0.39, 0.29) is 35.9 Å². The summed E-state index contributed by atoms with van der Waals surface area (Å²) in [5.74, 6) is 1.47. The van der Waals surface area contributed by atoms with Crippen LogP contribution in [0, 0.1) is 5.82 Å². The highest BCUT2D eigenvalue weighted by molar-refractivity contribution is 14.0. The lowest BCUT2D eigenvalue weighted by atomic mass is 10.3. The van der Waals surface area contributed by atoms with Crippen molar-refractivity contribution in [1.82, 2.24) is 10.6 Å². The third-order valence-corrected chi connectivity index (χ3v) is 4.57. The van der Waals surface area contributed by atoms with E-state index >= 15 is 0 Å². The molecule has 0 amide bonds. The van der Waals surface area contributed by atoms with Gasteiger partial charge in [-0.2, -0.15) is 0 Å². The first kappa shape index (κ1) is 22.5. The van der Waals surface area contributed by atoms with Crippen LogP contribution >= 0.6 is 35.7 Å². The van der Waals surface area contributed by atoms with Crippen LogP contribution in [0.15, 0.2) is 34.2 Å². The van der Waals surface area contributed by atoms with E-state index in [4.69, 9.17) is 9.47 Å². The summed E-state index contributed by atoms with van der Waals surface area (Å²) in [5.41, 5.74) is 0. The number of thioether (sulfide) groups is 1. The molecule has 0 spiro atoms. The normalized spacial score (nSPS) is 17.2. The number of hydrogen-bond acceptors (Lipinski definition) is 4. The standard InChI is InChI=1S/C17H26FN3O2S.HI/c1-19-17(20-8-2-10-23-15-7-11-22-13-15)21-9-12-24-16-5-3-14(18)4-6-16;/h3-6,15H,2,7-13H2,1H3,(H2,19,20,21);1H. The molecule has 1 atom stereocenters. The first-order chi connectivity index (χ1) is 11.8. The number of hydrogen-bond donors (Lipinski definition) is 2. The minimum Gasteiger partial charge on any atom is -0.379 e. The summed E-state index contributed by atoms with van der Waals surface area (Å²) in [6.45, 7) is 3.88. The van der Waals surface area contributed by atoms with Crippen molar-refractivity contribution in [2.24, 2.45) is 4.99 Å². The summed E-state index contributed by atoms with van der Waals surface area (Å²) in [6, 6.07) is 6.55. The molecule has 1 saturated heterocycles. The first-order valence-corrected chi connectivity index (χ1v) is 9.28. The molecule has 0 radical (unpaired) electrons. The van der Waals surface area contributed by atoms with E-state index in [1.54, 1.807) is 30.9 Å². The van der Waals surface area contributed by atoms with Gasteiger partial charge in [-0.05, 0) is 37.1 Å². The average molecular weight is 483 g/mol. The maximum atomic E-state index is 12.8. The number of nitrogens with zero attached hydrogens (tertiary/aromatic N) is 1. The van der Waals surface area contributed by atoms with Crippen molar-refractivity contribution < 1.29 is 13.9 Å². The third-order valence-electron chi connectivity index (χ3n) is 3.56. The molecule has 0 aromatic heterocycles. The summed E-state index contributed by atoms with van der Waals surface area (Å²) in [6.07, 6.45) is 2.20. The fourth-order valence-electron chi connectivity index (χ4n) is 2.26. The largest absolute Gasteiger partial charge is 0.379 e. The van der Waals surface area contributed by atoms with E-state index in [1.165, 1.54) is 12.1 Å². The molecule has 1 aromatic rings. The van der Waals surface area contributed by atoms with Crippen molar-refractivity contribution in [3.8, 4) is 0 Å². The highest BCUT2D eigenvalue weighted by atomic mass is 127. The molecule has 25 heavy (non-hydrogen) atoms. The van der Waals surface area contributed by atoms with E-state index in [1.807, 2.05) is 0 Å². The van der Waals surface area contributed by atoms with Gasteiger partial charge in [0, 0.05) is 44.0 Å². The summed E-state index contributed by atoms with van der Waals surface area (Å²) in [5, 5.41) is 6.54. The van der Waals surface area contributed by atoms with E-state index in [0.29, 0.717) is 0 Å². The summed E-state index contributed by atoms with van der Waals surface area (Å²) in [7, 11) is 1.76. The van der Waals surface area contributed by atoms with E-state index in [0.717, 1.165) is 62.4 Å². The van der Waals surface area contributed by atoms with E-state index in [9.17, 15) is 4.39 Å². The number of aliphatic imine (C=N–C) groups is 1. The van der Waals surface area contributed by atoms with Gasteiger partial charge in [-0.1, -0.05) is 0 Å². The SMILES string of the molecule is CN=C(NCCCOC1CCOC1)NCCSc1ccc(F)cc1.I. The topological polar surface area (TPSA) is 54.9 Å². The Bertz CT molecular complexity index is 499. The zero-order valence-electron chi connectivity index (χ0n) is 14.5. The third kappa shape index (κ3) is 9.62. The second-order valence-corrected chi connectivity index (χ2v) is 6.61. The molecule has 0 bridgehead atoms. The summed E-state index contributed by atoms with van der Waals surface area (Å²) >= 11 is 1.68. The van der Waals surface area contributed by atoms with Crippen molar-refractivity contribution in [2.75, 3.05) is 45.7 Å². The van der Waals surface area contributed by atoms with Crippen LogP contribution in [0.2, 0.25) is 0 Å². The second kappa shape index (κ2) is 13.6. The molecule has 1 aromatic carbocycles. The highest BCUT2D eigenvalue weighted by Crippen LogP contribution is 2.17. The maximum absolute atomic E-state index is 12.8. The molecule has 1 aliphatic heterocycles. The van der Waals surface area contributed by atoms with Crippen LogP contribution in [0.1, 0.15) is 12.8 Å². The molecule has 8 heteroatoms. The van der Waals surface area contributed by atoms with Gasteiger partial charge < -0.3 is 20.1 Å². The second-order valence-electron chi connectivity index (χ2n) is 5.44. The van der Waals surface area contributed by atoms with Crippen molar-refractivity contribution in [3.63, 3.8) is 0 Å². The molecule has 1 fully saturated rings. The molecule has 1 unspecified atom stereocenters. The van der Waals surface area contributed by atoms with Crippen molar-refractivity contribution in [1.29, 1.82) is 0 Å². The Hall–Kier alpha value is -0.580. The number of rotatable bonds is 9. The number of halogens is 2. The molecule has 2 N–H and O–H groups in total. The van der Waals surface area contributed by atoms with Gasteiger partial charge in [0.1, 0.15) is 5.82 Å². The molecule has 142 valence electrons. The average Bonchev–Trinajstić information content (AvgIpc) is 3.11. The molecule has 2 rings (SSSR count). The monoisotopic (exact) mass is 483 g/mol. The maximum Gasteiger partial charge on any atom is 0.191 e. The quantitative estimate of drug-likeness (QED) is 0.186. The van der Waals surface area contributed by atoms with Crippen LogP contribution in [0.5, 0.6) is 0 Å². The molecule has 5 nitrogen and oxygen atoms in total. The van der Waals surface area contributed by atoms with Gasteiger partial charge in [0.2, 0.25) is 0 Å². The van der Waals surface area contributed by atoms with Crippen LogP contribution in [0.3, 0.4) is 0 Å². The van der Waals surface area contributed by atoms with Gasteiger partial charge in [-0.15, -0.1) is 35.7 Å². The Kier molecular flexibility index (Phi) is 12.2. The Balaban J connectivity index is 0.00000312. The highest BCUT2D eigenvalue weighted by Gasteiger charge is 2.15. The van der Waals surface area contributed by atoms with Gasteiger partial charge in [0.25, 0.3) is 0 Å². The van der Waals surface area contributed by atoms with Crippen LogP contribution in [0.25, 0.3) is 0 Å². The minimum atomic E-state index is -0.202. The number of ether oxygens (including phenoxy) is 2. The van der Waals surface area contributed by atoms with Crippen LogP contribution in [-0.4, -0.2) is 57.8 Å². The van der Waals surface area contributed by atoms with Gasteiger partial charge in [-0.25, -0.2) is 4.39 Å². The Morgan fingerprint density at radius 1 is 1.32 bits per heavy atom. The van der Waals surface area contributed by atoms with Gasteiger partial charge >= 0.3 is 0 Å². The summed E-state index contributed by atoms with van der Waals surface area (Å²) in [4.78, 5) is 5.26. The minimum absolute atomic E-state index is 0. The van der Waals surface area contributed by atoms with E-state index < -0.39 is 0 Å². The zero-order valence-corrected chi connectivity index (χ0v) is 17.6. The Labute approximate surface area is 170 Å². The molecular weight excluding hydrogens is 456 g/mol. The van der Waals surface area contributed by atoms with Gasteiger partial charge in [-0.3, -0.25) is 4.99 Å². The predicted molar refractivity (Wildman–Crippen MR) is 112 cm³/mol. The predicted octanol–water partition coefficient (Wildman–Crippen LogP) is 2.90. The van der Waals surface area contributed by atoms with Crippen molar-refractivity contribution >= 4 is 41.7 Å². The lowest BCUT2D eigenvalue weighted by Gasteiger charge is -2.13. The number of nitrogens with one attached hydrogen (secondary N) is 2. The molecule has 1 heterocycles. The fraction of sp³-hybridized carbons (Fsp3) is 0.588. The van der Waals surface area contributed by atoms with Crippen LogP contribution in [-0.2, 0) is 9.47 Å². The Morgan fingerprint density at radius 2 is 2.08 bits per heavy atom. The lowest BCUT2D eigenvalue weighted by molar-refractivity contribution is 0.0420. The van der Waals surface area contributed by atoms with Gasteiger partial charge in [0.15, 0.2) is 5.96 Å². The molecular formula is C17H27FIN3O2S. The van der Waals surface area contributed by atoms with Crippen LogP contribution < -0.4 is 10.6 Å². The smallest absolute Gasteiger partial charge is 0.191 e. The Morgan fingerprint density at radius 3 is 2.76 bits per heavy atom. The van der Waals surface area contributed by atoms with Crippen molar-refractivity contribution in [3.05, 3.63) is 30.1 Å². The number of benzene rings is 1. The lowest BCUT2D eigenvalue weighted by Crippen LogP contribution is -2.39. The van der Waals surface area contributed by atoms with Gasteiger partial charge in [0.05, 0.1) is 12.7 Å². The van der Waals surface area contributed by atoms with Crippen molar-refractivity contribution in [2.45, 2.75) is 23.8 Å². The zero-order chi connectivity index (χ0) is 17.0. The number of guanidine groups is 1. The molecule has 1 aliphatic rings. The molecule has 0 aliphatic carbocycles.